The maximum atomic E-state index is 12.4. The van der Waals surface area contributed by atoms with Gasteiger partial charge >= 0.3 is 0 Å². The molecule has 2 aliphatic heterocycles. The number of aromatic nitrogens is 2. The first-order valence-corrected chi connectivity index (χ1v) is 6.71. The second-order valence-electron chi connectivity index (χ2n) is 5.39. The molecule has 2 fully saturated rings. The number of nitrogens with one attached hydrogen (secondary N) is 2. The maximum Gasteiger partial charge on any atom is 0.228 e. The third kappa shape index (κ3) is 1.73. The van der Waals surface area contributed by atoms with E-state index in [0.717, 1.165) is 43.9 Å². The third-order valence-electron chi connectivity index (χ3n) is 4.18. The first-order chi connectivity index (χ1) is 8.68. The van der Waals surface area contributed by atoms with Crippen LogP contribution < -0.4 is 5.32 Å². The van der Waals surface area contributed by atoms with E-state index in [1.165, 1.54) is 5.56 Å². The topological polar surface area (TPSA) is 61.0 Å². The van der Waals surface area contributed by atoms with Gasteiger partial charge in [-0.3, -0.25) is 9.89 Å². The van der Waals surface area contributed by atoms with E-state index in [1.807, 2.05) is 13.8 Å². The number of hydrogen-bond donors (Lipinski definition) is 2. The Balaban J connectivity index is 1.84. The first-order valence-electron chi connectivity index (χ1n) is 6.71. The minimum absolute atomic E-state index is 0.193. The SMILES string of the molecule is Cc1n[nH]c(C)c1C1CCCN1C(=O)C1CNC1. The van der Waals surface area contributed by atoms with Gasteiger partial charge in [-0.05, 0) is 26.7 Å². The highest BCUT2D eigenvalue weighted by Gasteiger charge is 2.37. The lowest BCUT2D eigenvalue weighted by molar-refractivity contribution is -0.138. The van der Waals surface area contributed by atoms with Crippen LogP contribution in [-0.4, -0.2) is 40.6 Å². The zero-order valence-electron chi connectivity index (χ0n) is 11.0. The molecule has 5 heteroatoms. The van der Waals surface area contributed by atoms with Gasteiger partial charge < -0.3 is 10.2 Å². The molecule has 1 atom stereocenters. The second-order valence-corrected chi connectivity index (χ2v) is 5.39. The molecule has 5 nitrogen and oxygen atoms in total. The minimum Gasteiger partial charge on any atom is -0.335 e. The van der Waals surface area contributed by atoms with Gasteiger partial charge in [0.05, 0.1) is 17.7 Å². The van der Waals surface area contributed by atoms with E-state index < -0.39 is 0 Å². The van der Waals surface area contributed by atoms with Crippen LogP contribution in [0.3, 0.4) is 0 Å². The standard InChI is InChI=1S/C13H20N4O/c1-8-12(9(2)16-15-8)11-4-3-5-17(11)13(18)10-6-14-7-10/h10-11,14H,3-7H2,1-2H3,(H,15,16). The Bertz CT molecular complexity index is 444. The average Bonchev–Trinajstić information content (AvgIpc) is 2.83. The summed E-state index contributed by atoms with van der Waals surface area (Å²) in [7, 11) is 0. The number of rotatable bonds is 2. The Hall–Kier alpha value is -1.36. The molecule has 0 saturated carbocycles. The fourth-order valence-corrected chi connectivity index (χ4v) is 3.08. The largest absolute Gasteiger partial charge is 0.335 e. The highest BCUT2D eigenvalue weighted by atomic mass is 16.2. The van der Waals surface area contributed by atoms with Crippen LogP contribution in [0, 0.1) is 19.8 Å². The Morgan fingerprint density at radius 3 is 2.72 bits per heavy atom. The summed E-state index contributed by atoms with van der Waals surface area (Å²) in [5, 5.41) is 10.5. The molecular weight excluding hydrogens is 228 g/mol. The molecule has 3 rings (SSSR count). The summed E-state index contributed by atoms with van der Waals surface area (Å²) in [4.78, 5) is 14.5. The normalized spacial score (nSPS) is 24.3. The number of likely N-dealkylation sites (tertiary alicyclic amines) is 1. The number of nitrogens with zero attached hydrogens (tertiary/aromatic N) is 2. The fourth-order valence-electron chi connectivity index (χ4n) is 3.08. The summed E-state index contributed by atoms with van der Waals surface area (Å²) < 4.78 is 0. The summed E-state index contributed by atoms with van der Waals surface area (Å²) in [5.41, 5.74) is 3.36. The molecule has 0 radical (unpaired) electrons. The van der Waals surface area contributed by atoms with E-state index in [9.17, 15) is 4.79 Å². The van der Waals surface area contributed by atoms with Crippen molar-refractivity contribution >= 4 is 5.91 Å². The molecule has 0 spiro atoms. The van der Waals surface area contributed by atoms with Crippen molar-refractivity contribution in [2.75, 3.05) is 19.6 Å². The molecule has 0 aromatic carbocycles. The highest BCUT2D eigenvalue weighted by Crippen LogP contribution is 2.35. The fraction of sp³-hybridized carbons (Fsp3) is 0.692. The van der Waals surface area contributed by atoms with Crippen LogP contribution in [0.2, 0.25) is 0 Å². The highest BCUT2D eigenvalue weighted by molar-refractivity contribution is 5.81. The molecule has 1 unspecified atom stereocenters. The maximum absolute atomic E-state index is 12.4. The quantitative estimate of drug-likeness (QED) is 0.818. The summed E-state index contributed by atoms with van der Waals surface area (Å²) in [6.07, 6.45) is 2.16. The first kappa shape index (κ1) is 11.7. The number of amides is 1. The Morgan fingerprint density at radius 2 is 2.17 bits per heavy atom. The summed E-state index contributed by atoms with van der Waals surface area (Å²) in [6, 6.07) is 0.233. The third-order valence-corrected chi connectivity index (χ3v) is 4.18. The van der Waals surface area contributed by atoms with Crippen molar-refractivity contribution in [3.63, 3.8) is 0 Å². The lowest BCUT2D eigenvalue weighted by Crippen LogP contribution is -2.51. The van der Waals surface area contributed by atoms with E-state index in [1.54, 1.807) is 0 Å². The molecular formula is C13H20N4O. The van der Waals surface area contributed by atoms with Crippen LogP contribution in [0.5, 0.6) is 0 Å². The Kier molecular flexibility index (Phi) is 2.86. The molecule has 2 saturated heterocycles. The van der Waals surface area contributed by atoms with Crippen molar-refractivity contribution < 1.29 is 4.79 Å². The van der Waals surface area contributed by atoms with Crippen molar-refractivity contribution in [1.82, 2.24) is 20.4 Å². The van der Waals surface area contributed by atoms with Gasteiger partial charge in [0.15, 0.2) is 0 Å². The Labute approximate surface area is 107 Å². The zero-order chi connectivity index (χ0) is 12.7. The zero-order valence-corrected chi connectivity index (χ0v) is 11.0. The Morgan fingerprint density at radius 1 is 1.39 bits per heavy atom. The van der Waals surface area contributed by atoms with E-state index in [-0.39, 0.29) is 12.0 Å². The number of H-pyrrole nitrogens is 1. The molecule has 1 aromatic rings. The lowest BCUT2D eigenvalue weighted by atomic mass is 9.98. The van der Waals surface area contributed by atoms with Gasteiger partial charge in [0.25, 0.3) is 0 Å². The monoisotopic (exact) mass is 248 g/mol. The van der Waals surface area contributed by atoms with Crippen LogP contribution in [-0.2, 0) is 4.79 Å². The van der Waals surface area contributed by atoms with Crippen LogP contribution in [0.25, 0.3) is 0 Å². The van der Waals surface area contributed by atoms with Gasteiger partial charge in [-0.2, -0.15) is 5.10 Å². The van der Waals surface area contributed by atoms with Gasteiger partial charge in [-0.1, -0.05) is 0 Å². The molecule has 0 aliphatic carbocycles. The summed E-state index contributed by atoms with van der Waals surface area (Å²) >= 11 is 0. The second kappa shape index (κ2) is 4.39. The number of aromatic amines is 1. The minimum atomic E-state index is 0.193. The van der Waals surface area contributed by atoms with Gasteiger partial charge in [-0.25, -0.2) is 0 Å². The summed E-state index contributed by atoms with van der Waals surface area (Å²) in [6.45, 7) is 6.63. The van der Waals surface area contributed by atoms with E-state index in [0.29, 0.717) is 5.91 Å². The van der Waals surface area contributed by atoms with Crippen molar-refractivity contribution in [2.45, 2.75) is 32.7 Å². The number of carbonyl (C=O) groups excluding carboxylic acids is 1. The van der Waals surface area contributed by atoms with E-state index in [2.05, 4.69) is 20.4 Å². The molecule has 18 heavy (non-hydrogen) atoms. The van der Waals surface area contributed by atoms with Gasteiger partial charge in [0.1, 0.15) is 0 Å². The van der Waals surface area contributed by atoms with Crippen molar-refractivity contribution in [2.24, 2.45) is 5.92 Å². The van der Waals surface area contributed by atoms with E-state index >= 15 is 0 Å². The van der Waals surface area contributed by atoms with E-state index in [4.69, 9.17) is 0 Å². The predicted molar refractivity (Wildman–Crippen MR) is 68.1 cm³/mol. The average molecular weight is 248 g/mol. The predicted octanol–water partition coefficient (Wildman–Crippen LogP) is 0.909. The molecule has 1 aromatic heterocycles. The van der Waals surface area contributed by atoms with Gasteiger partial charge in [0, 0.05) is 30.9 Å². The lowest BCUT2D eigenvalue weighted by Gasteiger charge is -2.33. The number of hydrogen-bond acceptors (Lipinski definition) is 3. The summed E-state index contributed by atoms with van der Waals surface area (Å²) in [5.74, 6) is 0.509. The smallest absolute Gasteiger partial charge is 0.228 e. The number of carbonyl (C=O) groups is 1. The molecule has 2 N–H and O–H groups in total. The molecule has 98 valence electrons. The van der Waals surface area contributed by atoms with Crippen LogP contribution in [0.1, 0.15) is 35.8 Å². The molecule has 1 amide bonds. The molecule has 3 heterocycles. The van der Waals surface area contributed by atoms with Crippen LogP contribution in [0.4, 0.5) is 0 Å². The van der Waals surface area contributed by atoms with Crippen molar-refractivity contribution in [3.8, 4) is 0 Å². The number of aryl methyl sites for hydroxylation is 2. The van der Waals surface area contributed by atoms with Gasteiger partial charge in [-0.15, -0.1) is 0 Å². The van der Waals surface area contributed by atoms with Crippen LogP contribution in [0.15, 0.2) is 0 Å². The van der Waals surface area contributed by atoms with Crippen molar-refractivity contribution in [1.29, 1.82) is 0 Å². The molecule has 2 aliphatic rings. The molecule has 0 bridgehead atoms. The van der Waals surface area contributed by atoms with Gasteiger partial charge in [0.2, 0.25) is 5.91 Å². The van der Waals surface area contributed by atoms with Crippen molar-refractivity contribution in [3.05, 3.63) is 17.0 Å². The van der Waals surface area contributed by atoms with Crippen LogP contribution >= 0.6 is 0 Å².